The smallest absolute Gasteiger partial charge is 0.231 e. The van der Waals surface area contributed by atoms with E-state index < -0.39 is 0 Å². The second-order valence-electron chi connectivity index (χ2n) is 5.28. The second kappa shape index (κ2) is 7.68. The van der Waals surface area contributed by atoms with E-state index in [9.17, 15) is 4.79 Å². The first-order chi connectivity index (χ1) is 11.1. The molecule has 0 spiro atoms. The van der Waals surface area contributed by atoms with Gasteiger partial charge in [0.05, 0.1) is 20.6 Å². The molecule has 0 heterocycles. The van der Waals surface area contributed by atoms with Crippen LogP contribution in [0, 0.1) is 6.92 Å². The van der Waals surface area contributed by atoms with E-state index >= 15 is 0 Å². The van der Waals surface area contributed by atoms with Gasteiger partial charge in [0.2, 0.25) is 5.91 Å². The highest BCUT2D eigenvalue weighted by Crippen LogP contribution is 2.29. The fourth-order valence-electron chi connectivity index (χ4n) is 2.62. The molecule has 0 aromatic heterocycles. The predicted octanol–water partition coefficient (Wildman–Crippen LogP) is 3.61. The number of hydrogen-bond acceptors (Lipinski definition) is 3. The van der Waals surface area contributed by atoms with Gasteiger partial charge in [-0.3, -0.25) is 4.79 Å². The van der Waals surface area contributed by atoms with Crippen molar-refractivity contribution in [3.63, 3.8) is 0 Å². The first-order valence-corrected chi connectivity index (χ1v) is 7.67. The summed E-state index contributed by atoms with van der Waals surface area (Å²) in [5, 5.41) is 0. The van der Waals surface area contributed by atoms with E-state index in [-0.39, 0.29) is 12.3 Å². The van der Waals surface area contributed by atoms with E-state index in [4.69, 9.17) is 9.47 Å². The molecule has 0 aliphatic rings. The zero-order valence-corrected chi connectivity index (χ0v) is 14.1. The molecule has 4 nitrogen and oxygen atoms in total. The van der Waals surface area contributed by atoms with Gasteiger partial charge in [0.25, 0.3) is 0 Å². The molecule has 0 aliphatic carbocycles. The maximum Gasteiger partial charge on any atom is 0.231 e. The van der Waals surface area contributed by atoms with Crippen LogP contribution in [-0.4, -0.2) is 26.7 Å². The fraction of sp³-hybridized carbons (Fsp3) is 0.316. The summed E-state index contributed by atoms with van der Waals surface area (Å²) in [6.07, 6.45) is 0.266. The summed E-state index contributed by atoms with van der Waals surface area (Å²) in [6.45, 7) is 4.54. The van der Waals surface area contributed by atoms with Crippen LogP contribution in [0.15, 0.2) is 42.5 Å². The van der Waals surface area contributed by atoms with Crippen molar-refractivity contribution in [2.24, 2.45) is 0 Å². The number of nitrogens with zero attached hydrogens (tertiary/aromatic N) is 1. The molecule has 0 aliphatic heterocycles. The molecule has 0 bridgehead atoms. The monoisotopic (exact) mass is 313 g/mol. The number of aryl methyl sites for hydroxylation is 1. The molecule has 4 heteroatoms. The Kier molecular flexibility index (Phi) is 5.63. The van der Waals surface area contributed by atoms with E-state index in [1.807, 2.05) is 56.3 Å². The molecule has 0 atom stereocenters. The predicted molar refractivity (Wildman–Crippen MR) is 92.5 cm³/mol. The molecule has 0 N–H and O–H groups in total. The van der Waals surface area contributed by atoms with Crippen molar-refractivity contribution in [2.75, 3.05) is 25.7 Å². The van der Waals surface area contributed by atoms with Crippen molar-refractivity contribution in [1.29, 1.82) is 0 Å². The largest absolute Gasteiger partial charge is 0.496 e. The third-order valence-corrected chi connectivity index (χ3v) is 3.82. The maximum atomic E-state index is 12.7. The Labute approximate surface area is 137 Å². The number of carbonyl (C=O) groups excluding carboxylic acids is 1. The van der Waals surface area contributed by atoms with Crippen LogP contribution in [0.1, 0.15) is 18.1 Å². The Morgan fingerprint density at radius 1 is 1.04 bits per heavy atom. The Morgan fingerprint density at radius 2 is 1.70 bits per heavy atom. The molecule has 0 radical (unpaired) electrons. The number of anilines is 1. The molecule has 2 rings (SSSR count). The molecule has 0 saturated carbocycles. The quantitative estimate of drug-likeness (QED) is 0.818. The molecule has 2 aromatic rings. The standard InChI is InChI=1S/C19H23NO3/c1-5-20(16-9-7-6-8-10-16)19(21)13-15-12-17(22-3)14(2)11-18(15)23-4/h6-12H,5,13H2,1-4H3. The summed E-state index contributed by atoms with van der Waals surface area (Å²) in [4.78, 5) is 14.5. The summed E-state index contributed by atoms with van der Waals surface area (Å²) < 4.78 is 10.8. The molecule has 122 valence electrons. The van der Waals surface area contributed by atoms with Gasteiger partial charge in [-0.1, -0.05) is 18.2 Å². The zero-order chi connectivity index (χ0) is 16.8. The Bertz CT molecular complexity index is 668. The minimum atomic E-state index is 0.0305. The molecule has 2 aromatic carbocycles. The summed E-state index contributed by atoms with van der Waals surface area (Å²) in [5.41, 5.74) is 2.71. The fourth-order valence-corrected chi connectivity index (χ4v) is 2.62. The van der Waals surface area contributed by atoms with Crippen LogP contribution in [0.3, 0.4) is 0 Å². The summed E-state index contributed by atoms with van der Waals surface area (Å²) >= 11 is 0. The van der Waals surface area contributed by atoms with Gasteiger partial charge < -0.3 is 14.4 Å². The van der Waals surface area contributed by atoms with E-state index in [1.165, 1.54) is 0 Å². The SMILES string of the molecule is CCN(C(=O)Cc1cc(OC)c(C)cc1OC)c1ccccc1. The minimum Gasteiger partial charge on any atom is -0.496 e. The number of rotatable bonds is 6. The molecule has 0 fully saturated rings. The lowest BCUT2D eigenvalue weighted by atomic mass is 10.1. The summed E-state index contributed by atoms with van der Waals surface area (Å²) in [5.74, 6) is 1.50. The van der Waals surface area contributed by atoms with Crippen molar-refractivity contribution in [3.8, 4) is 11.5 Å². The van der Waals surface area contributed by atoms with Gasteiger partial charge in [0.15, 0.2) is 0 Å². The molecule has 23 heavy (non-hydrogen) atoms. The number of amides is 1. The van der Waals surface area contributed by atoms with Gasteiger partial charge in [-0.05, 0) is 43.7 Å². The number of likely N-dealkylation sites (N-methyl/N-ethyl adjacent to an activating group) is 1. The van der Waals surface area contributed by atoms with E-state index in [2.05, 4.69) is 0 Å². The number of ether oxygens (including phenoxy) is 2. The van der Waals surface area contributed by atoms with Crippen LogP contribution in [0.4, 0.5) is 5.69 Å². The number of carbonyl (C=O) groups is 1. The molecule has 0 unspecified atom stereocenters. The first-order valence-electron chi connectivity index (χ1n) is 7.67. The van der Waals surface area contributed by atoms with Gasteiger partial charge in [-0.15, -0.1) is 0 Å². The van der Waals surface area contributed by atoms with Crippen molar-refractivity contribution in [3.05, 3.63) is 53.6 Å². The Hall–Kier alpha value is -2.49. The summed E-state index contributed by atoms with van der Waals surface area (Å²) in [7, 11) is 3.24. The van der Waals surface area contributed by atoms with Gasteiger partial charge in [-0.25, -0.2) is 0 Å². The van der Waals surface area contributed by atoms with Crippen LogP contribution in [0.25, 0.3) is 0 Å². The van der Waals surface area contributed by atoms with Gasteiger partial charge in [-0.2, -0.15) is 0 Å². The highest BCUT2D eigenvalue weighted by Gasteiger charge is 2.18. The third-order valence-electron chi connectivity index (χ3n) is 3.82. The van der Waals surface area contributed by atoms with Crippen LogP contribution in [0.5, 0.6) is 11.5 Å². The topological polar surface area (TPSA) is 38.8 Å². The van der Waals surface area contributed by atoms with Gasteiger partial charge in [0.1, 0.15) is 11.5 Å². The van der Waals surface area contributed by atoms with Crippen molar-refractivity contribution >= 4 is 11.6 Å². The zero-order valence-electron chi connectivity index (χ0n) is 14.1. The van der Waals surface area contributed by atoms with Crippen LogP contribution in [0.2, 0.25) is 0 Å². The normalized spacial score (nSPS) is 10.3. The van der Waals surface area contributed by atoms with Crippen molar-refractivity contribution in [1.82, 2.24) is 0 Å². The molecular weight excluding hydrogens is 290 g/mol. The molecule has 1 amide bonds. The van der Waals surface area contributed by atoms with Crippen molar-refractivity contribution < 1.29 is 14.3 Å². The van der Waals surface area contributed by atoms with Crippen LogP contribution >= 0.6 is 0 Å². The first kappa shape index (κ1) is 16.9. The maximum absolute atomic E-state index is 12.7. The van der Waals surface area contributed by atoms with Crippen LogP contribution < -0.4 is 14.4 Å². The lowest BCUT2D eigenvalue weighted by molar-refractivity contribution is -0.118. The van der Waals surface area contributed by atoms with Gasteiger partial charge in [0, 0.05) is 17.8 Å². The average Bonchev–Trinajstić information content (AvgIpc) is 2.57. The van der Waals surface area contributed by atoms with E-state index in [0.717, 1.165) is 22.6 Å². The number of methoxy groups -OCH3 is 2. The third kappa shape index (κ3) is 3.83. The Morgan fingerprint density at radius 3 is 2.26 bits per heavy atom. The number of hydrogen-bond donors (Lipinski definition) is 0. The van der Waals surface area contributed by atoms with Crippen molar-refractivity contribution in [2.45, 2.75) is 20.3 Å². The highest BCUT2D eigenvalue weighted by molar-refractivity contribution is 5.95. The summed E-state index contributed by atoms with van der Waals surface area (Å²) in [6, 6.07) is 13.5. The highest BCUT2D eigenvalue weighted by atomic mass is 16.5. The van der Waals surface area contributed by atoms with E-state index in [1.54, 1.807) is 19.1 Å². The van der Waals surface area contributed by atoms with Crippen LogP contribution in [-0.2, 0) is 11.2 Å². The van der Waals surface area contributed by atoms with Gasteiger partial charge >= 0.3 is 0 Å². The lowest BCUT2D eigenvalue weighted by Gasteiger charge is -2.22. The average molecular weight is 313 g/mol. The van der Waals surface area contributed by atoms with E-state index in [0.29, 0.717) is 12.3 Å². The lowest BCUT2D eigenvalue weighted by Crippen LogP contribution is -2.32. The second-order valence-corrected chi connectivity index (χ2v) is 5.28. The number of benzene rings is 2. The molecule has 0 saturated heterocycles. The minimum absolute atomic E-state index is 0.0305. The number of para-hydroxylation sites is 1. The Balaban J connectivity index is 2.28. The molecular formula is C19H23NO3.